The molecule has 1 unspecified atom stereocenters. The maximum atomic E-state index is 5.89. The van der Waals surface area contributed by atoms with E-state index in [1.807, 2.05) is 25.1 Å². The quantitative estimate of drug-likeness (QED) is 0.855. The summed E-state index contributed by atoms with van der Waals surface area (Å²) in [4.78, 5) is 4.47. The van der Waals surface area contributed by atoms with Crippen LogP contribution in [0.5, 0.6) is 0 Å². The Morgan fingerprint density at radius 2 is 2.36 bits per heavy atom. The molecular weight excluding hydrogens is 216 g/mol. The lowest BCUT2D eigenvalue weighted by atomic mass is 10.3. The monoisotopic (exact) mass is 226 g/mol. The molecule has 0 radical (unpaired) electrons. The fourth-order valence-corrected chi connectivity index (χ4v) is 2.69. The molecule has 1 heterocycles. The van der Waals surface area contributed by atoms with Crippen LogP contribution in [0.15, 0.2) is 18.2 Å². The Hall–Kier alpha value is -0.640. The van der Waals surface area contributed by atoms with Crippen LogP contribution in [0.3, 0.4) is 0 Å². The van der Waals surface area contributed by atoms with Gasteiger partial charge in [-0.15, -0.1) is 11.3 Å². The molecule has 2 rings (SSSR count). The molecular formula is C10H11ClN2S. The molecule has 4 heteroatoms. The highest BCUT2D eigenvalue weighted by atomic mass is 35.5. The van der Waals surface area contributed by atoms with Crippen molar-refractivity contribution < 1.29 is 0 Å². The second kappa shape index (κ2) is 3.85. The second-order valence-electron chi connectivity index (χ2n) is 3.40. The van der Waals surface area contributed by atoms with E-state index < -0.39 is 0 Å². The summed E-state index contributed by atoms with van der Waals surface area (Å²) in [6, 6.07) is 5.91. The van der Waals surface area contributed by atoms with Gasteiger partial charge < -0.3 is 5.73 Å². The predicted molar refractivity (Wildman–Crippen MR) is 62.0 cm³/mol. The van der Waals surface area contributed by atoms with Crippen LogP contribution in [0.4, 0.5) is 0 Å². The smallest absolute Gasteiger partial charge is 0.0953 e. The van der Waals surface area contributed by atoms with Gasteiger partial charge in [-0.05, 0) is 25.1 Å². The Labute approximate surface area is 91.7 Å². The number of fused-ring (bicyclic) bond motifs is 1. The van der Waals surface area contributed by atoms with Crippen molar-refractivity contribution in [3.8, 4) is 0 Å². The van der Waals surface area contributed by atoms with Crippen molar-refractivity contribution in [1.29, 1.82) is 0 Å². The maximum absolute atomic E-state index is 5.89. The fraction of sp³-hybridized carbons (Fsp3) is 0.300. The Morgan fingerprint density at radius 1 is 1.57 bits per heavy atom. The molecule has 74 valence electrons. The zero-order valence-corrected chi connectivity index (χ0v) is 9.40. The standard InChI is InChI=1S/C10H11ClN2S/c1-6(12)4-10-13-8-3-2-7(11)5-9(8)14-10/h2-3,5-6H,4,12H2,1H3. The van der Waals surface area contributed by atoms with E-state index in [1.165, 1.54) is 0 Å². The molecule has 1 aromatic carbocycles. The lowest BCUT2D eigenvalue weighted by Gasteiger charge is -1.98. The van der Waals surface area contributed by atoms with Crippen molar-refractivity contribution in [2.45, 2.75) is 19.4 Å². The van der Waals surface area contributed by atoms with Gasteiger partial charge in [-0.3, -0.25) is 0 Å². The first kappa shape index (κ1) is 9.90. The van der Waals surface area contributed by atoms with Crippen molar-refractivity contribution in [1.82, 2.24) is 4.98 Å². The number of benzene rings is 1. The summed E-state index contributed by atoms with van der Waals surface area (Å²) >= 11 is 7.55. The first-order valence-electron chi connectivity index (χ1n) is 4.45. The third-order valence-electron chi connectivity index (χ3n) is 1.89. The first-order valence-corrected chi connectivity index (χ1v) is 5.65. The number of halogens is 1. The molecule has 0 aliphatic carbocycles. The van der Waals surface area contributed by atoms with E-state index >= 15 is 0 Å². The minimum Gasteiger partial charge on any atom is -0.328 e. The molecule has 1 atom stereocenters. The molecule has 0 bridgehead atoms. The number of thiazole rings is 1. The average Bonchev–Trinajstić information content (AvgIpc) is 2.44. The van der Waals surface area contributed by atoms with Crippen molar-refractivity contribution in [3.63, 3.8) is 0 Å². The van der Waals surface area contributed by atoms with E-state index in [0.29, 0.717) is 0 Å². The molecule has 0 aliphatic rings. The van der Waals surface area contributed by atoms with Gasteiger partial charge in [0.2, 0.25) is 0 Å². The normalized spacial score (nSPS) is 13.4. The molecule has 0 saturated heterocycles. The molecule has 0 spiro atoms. The van der Waals surface area contributed by atoms with Crippen molar-refractivity contribution in [2.75, 3.05) is 0 Å². The van der Waals surface area contributed by atoms with Crippen LogP contribution >= 0.6 is 22.9 Å². The van der Waals surface area contributed by atoms with Gasteiger partial charge in [0.15, 0.2) is 0 Å². The van der Waals surface area contributed by atoms with E-state index in [4.69, 9.17) is 17.3 Å². The third kappa shape index (κ3) is 2.05. The van der Waals surface area contributed by atoms with Gasteiger partial charge in [-0.2, -0.15) is 0 Å². The highest BCUT2D eigenvalue weighted by molar-refractivity contribution is 7.18. The first-order chi connectivity index (χ1) is 6.65. The molecule has 0 aliphatic heterocycles. The molecule has 0 amide bonds. The number of hydrogen-bond donors (Lipinski definition) is 1. The zero-order chi connectivity index (χ0) is 10.1. The highest BCUT2D eigenvalue weighted by Crippen LogP contribution is 2.25. The van der Waals surface area contributed by atoms with E-state index in [9.17, 15) is 0 Å². The fourth-order valence-electron chi connectivity index (χ4n) is 1.31. The van der Waals surface area contributed by atoms with Crippen LogP contribution in [-0.2, 0) is 6.42 Å². The van der Waals surface area contributed by atoms with Crippen molar-refractivity contribution >= 4 is 33.2 Å². The van der Waals surface area contributed by atoms with Gasteiger partial charge in [-0.1, -0.05) is 11.6 Å². The lowest BCUT2D eigenvalue weighted by molar-refractivity contribution is 0.735. The van der Waals surface area contributed by atoms with Crippen LogP contribution in [0.2, 0.25) is 5.02 Å². The molecule has 2 N–H and O–H groups in total. The predicted octanol–water partition coefficient (Wildman–Crippen LogP) is 2.84. The van der Waals surface area contributed by atoms with Crippen LogP contribution in [0.1, 0.15) is 11.9 Å². The van der Waals surface area contributed by atoms with Gasteiger partial charge in [0.05, 0.1) is 15.2 Å². The highest BCUT2D eigenvalue weighted by Gasteiger charge is 2.05. The molecule has 1 aromatic heterocycles. The summed E-state index contributed by atoms with van der Waals surface area (Å²) < 4.78 is 1.13. The average molecular weight is 227 g/mol. The minimum atomic E-state index is 0.158. The van der Waals surface area contributed by atoms with Gasteiger partial charge in [-0.25, -0.2) is 4.98 Å². The third-order valence-corrected chi connectivity index (χ3v) is 3.17. The second-order valence-corrected chi connectivity index (χ2v) is 4.95. The van der Waals surface area contributed by atoms with Gasteiger partial charge >= 0.3 is 0 Å². The summed E-state index contributed by atoms with van der Waals surface area (Å²) in [7, 11) is 0. The van der Waals surface area contributed by atoms with Crippen molar-refractivity contribution in [3.05, 3.63) is 28.2 Å². The zero-order valence-electron chi connectivity index (χ0n) is 7.83. The summed E-state index contributed by atoms with van der Waals surface area (Å²) in [5.74, 6) is 0. The summed E-state index contributed by atoms with van der Waals surface area (Å²) in [5.41, 5.74) is 6.73. The Kier molecular flexibility index (Phi) is 2.72. The molecule has 2 nitrogen and oxygen atoms in total. The number of rotatable bonds is 2. The molecule has 2 aromatic rings. The van der Waals surface area contributed by atoms with E-state index in [0.717, 1.165) is 26.7 Å². The Balaban J connectivity index is 2.41. The number of nitrogens with zero attached hydrogens (tertiary/aromatic N) is 1. The van der Waals surface area contributed by atoms with E-state index in [-0.39, 0.29) is 6.04 Å². The molecule has 0 fully saturated rings. The summed E-state index contributed by atoms with van der Waals surface area (Å²) in [5, 5.41) is 1.84. The maximum Gasteiger partial charge on any atom is 0.0953 e. The van der Waals surface area contributed by atoms with Crippen LogP contribution in [-0.4, -0.2) is 11.0 Å². The minimum absolute atomic E-state index is 0.158. The SMILES string of the molecule is CC(N)Cc1nc2ccc(Cl)cc2s1. The largest absolute Gasteiger partial charge is 0.328 e. The van der Waals surface area contributed by atoms with Crippen molar-refractivity contribution in [2.24, 2.45) is 5.73 Å². The van der Waals surface area contributed by atoms with Gasteiger partial charge in [0.25, 0.3) is 0 Å². The summed E-state index contributed by atoms with van der Waals surface area (Å²) in [6.45, 7) is 1.99. The van der Waals surface area contributed by atoms with Crippen LogP contribution in [0.25, 0.3) is 10.2 Å². The van der Waals surface area contributed by atoms with E-state index in [1.54, 1.807) is 11.3 Å². The lowest BCUT2D eigenvalue weighted by Crippen LogP contribution is -2.17. The number of hydrogen-bond acceptors (Lipinski definition) is 3. The van der Waals surface area contributed by atoms with Gasteiger partial charge in [0, 0.05) is 17.5 Å². The number of aromatic nitrogens is 1. The number of nitrogens with two attached hydrogens (primary N) is 1. The topological polar surface area (TPSA) is 38.9 Å². The Bertz CT molecular complexity index is 450. The van der Waals surface area contributed by atoms with Gasteiger partial charge in [0.1, 0.15) is 0 Å². The Morgan fingerprint density at radius 3 is 3.07 bits per heavy atom. The molecule has 0 saturated carbocycles. The van der Waals surface area contributed by atoms with Crippen LogP contribution in [0, 0.1) is 0 Å². The molecule has 14 heavy (non-hydrogen) atoms. The summed E-state index contributed by atoms with van der Waals surface area (Å²) in [6.07, 6.45) is 0.830. The van der Waals surface area contributed by atoms with E-state index in [2.05, 4.69) is 4.98 Å². The van der Waals surface area contributed by atoms with Crippen LogP contribution < -0.4 is 5.73 Å².